The Morgan fingerprint density at radius 2 is 1.94 bits per heavy atom. The second-order valence-corrected chi connectivity index (χ2v) is 6.62. The summed E-state index contributed by atoms with van der Waals surface area (Å²) >= 11 is 0. The van der Waals surface area contributed by atoms with Crippen LogP contribution in [0.4, 0.5) is 0 Å². The lowest BCUT2D eigenvalue weighted by molar-refractivity contribution is 0.0680. The van der Waals surface area contributed by atoms with Gasteiger partial charge in [0.15, 0.2) is 0 Å². The van der Waals surface area contributed by atoms with Gasteiger partial charge in [-0.15, -0.1) is 0 Å². The van der Waals surface area contributed by atoms with Crippen molar-refractivity contribution in [3.8, 4) is 0 Å². The van der Waals surface area contributed by atoms with Crippen molar-refractivity contribution in [1.82, 2.24) is 5.32 Å². The van der Waals surface area contributed by atoms with Crippen molar-refractivity contribution >= 4 is 0 Å². The molecule has 94 valence electrons. The average Bonchev–Trinajstić information content (AvgIpc) is 2.57. The Hall–Kier alpha value is -0.0800. The molecule has 2 rings (SSSR count). The van der Waals surface area contributed by atoms with Gasteiger partial charge in [0, 0.05) is 12.6 Å². The van der Waals surface area contributed by atoms with E-state index in [1.165, 1.54) is 38.5 Å². The number of aliphatic hydroxyl groups excluding tert-OH is 1. The Kier molecular flexibility index (Phi) is 3.91. The zero-order valence-electron chi connectivity index (χ0n) is 10.8. The molecule has 2 saturated carbocycles. The normalized spacial score (nSPS) is 38.8. The molecule has 2 aliphatic carbocycles. The summed E-state index contributed by atoms with van der Waals surface area (Å²) in [6, 6.07) is 0.698. The van der Waals surface area contributed by atoms with E-state index in [4.69, 9.17) is 0 Å². The molecule has 0 radical (unpaired) electrons. The van der Waals surface area contributed by atoms with Gasteiger partial charge in [-0.3, -0.25) is 0 Å². The van der Waals surface area contributed by atoms with E-state index in [1.807, 2.05) is 0 Å². The summed E-state index contributed by atoms with van der Waals surface area (Å²) in [6.45, 7) is 5.76. The van der Waals surface area contributed by atoms with Crippen LogP contribution in [0.25, 0.3) is 0 Å². The highest BCUT2D eigenvalue weighted by Gasteiger charge is 2.31. The lowest BCUT2D eigenvalue weighted by Crippen LogP contribution is -2.38. The molecule has 2 heteroatoms. The van der Waals surface area contributed by atoms with Crippen LogP contribution in [0.2, 0.25) is 0 Å². The molecule has 0 aromatic heterocycles. The van der Waals surface area contributed by atoms with E-state index < -0.39 is 0 Å². The molecule has 3 unspecified atom stereocenters. The Morgan fingerprint density at radius 3 is 2.56 bits per heavy atom. The molecule has 0 amide bonds. The van der Waals surface area contributed by atoms with E-state index in [1.54, 1.807) is 0 Å². The van der Waals surface area contributed by atoms with Gasteiger partial charge in [0.05, 0.1) is 6.10 Å². The van der Waals surface area contributed by atoms with Crippen molar-refractivity contribution in [2.75, 3.05) is 6.54 Å². The molecule has 2 nitrogen and oxygen atoms in total. The van der Waals surface area contributed by atoms with Crippen LogP contribution in [0.3, 0.4) is 0 Å². The molecule has 0 heterocycles. The number of hydrogen-bond acceptors (Lipinski definition) is 2. The molecule has 16 heavy (non-hydrogen) atoms. The topological polar surface area (TPSA) is 32.3 Å². The molecule has 0 aliphatic heterocycles. The largest absolute Gasteiger partial charge is 0.393 e. The number of nitrogens with one attached hydrogen (secondary N) is 1. The van der Waals surface area contributed by atoms with Gasteiger partial charge in [0.2, 0.25) is 0 Å². The van der Waals surface area contributed by atoms with Gasteiger partial charge in [0.25, 0.3) is 0 Å². The van der Waals surface area contributed by atoms with Crippen LogP contribution < -0.4 is 5.32 Å². The minimum Gasteiger partial charge on any atom is -0.393 e. The molecule has 2 N–H and O–H groups in total. The maximum absolute atomic E-state index is 9.91. The van der Waals surface area contributed by atoms with Crippen LogP contribution in [0.15, 0.2) is 0 Å². The summed E-state index contributed by atoms with van der Waals surface area (Å²) in [5, 5.41) is 13.6. The second-order valence-electron chi connectivity index (χ2n) is 6.62. The quantitative estimate of drug-likeness (QED) is 0.774. The maximum atomic E-state index is 9.91. The summed E-state index contributed by atoms with van der Waals surface area (Å²) in [5.74, 6) is 0.512. The molecule has 3 atom stereocenters. The third-order valence-corrected chi connectivity index (χ3v) is 4.51. The van der Waals surface area contributed by atoms with Crippen LogP contribution in [-0.2, 0) is 0 Å². The third-order valence-electron chi connectivity index (χ3n) is 4.51. The zero-order valence-corrected chi connectivity index (χ0v) is 10.8. The van der Waals surface area contributed by atoms with E-state index in [0.29, 0.717) is 17.4 Å². The Balaban J connectivity index is 1.71. The summed E-state index contributed by atoms with van der Waals surface area (Å²) in [4.78, 5) is 0. The summed E-state index contributed by atoms with van der Waals surface area (Å²) in [5.41, 5.74) is 0.531. The number of hydrogen-bond donors (Lipinski definition) is 2. The van der Waals surface area contributed by atoms with Gasteiger partial charge in [-0.05, 0) is 43.4 Å². The fourth-order valence-corrected chi connectivity index (χ4v) is 3.35. The molecular weight excluding hydrogens is 198 g/mol. The smallest absolute Gasteiger partial charge is 0.0580 e. The van der Waals surface area contributed by atoms with Gasteiger partial charge in [-0.25, -0.2) is 0 Å². The van der Waals surface area contributed by atoms with Crippen molar-refractivity contribution in [2.24, 2.45) is 11.3 Å². The molecule has 0 aromatic rings. The Bertz CT molecular complexity index is 227. The monoisotopic (exact) mass is 225 g/mol. The number of aliphatic hydroxyl groups is 1. The highest BCUT2D eigenvalue weighted by atomic mass is 16.3. The van der Waals surface area contributed by atoms with Gasteiger partial charge < -0.3 is 10.4 Å². The Labute approximate surface area is 99.8 Å². The van der Waals surface area contributed by atoms with E-state index in [-0.39, 0.29) is 6.10 Å². The highest BCUT2D eigenvalue weighted by molar-refractivity contribution is 4.87. The van der Waals surface area contributed by atoms with Crippen LogP contribution in [0.1, 0.15) is 58.8 Å². The summed E-state index contributed by atoms with van der Waals surface area (Å²) < 4.78 is 0. The first-order valence-electron chi connectivity index (χ1n) is 6.98. The van der Waals surface area contributed by atoms with Crippen molar-refractivity contribution in [1.29, 1.82) is 0 Å². The summed E-state index contributed by atoms with van der Waals surface area (Å²) in [7, 11) is 0. The lowest BCUT2D eigenvalue weighted by Gasteiger charge is -2.29. The predicted octanol–water partition coefficient (Wildman–Crippen LogP) is 2.71. The lowest BCUT2D eigenvalue weighted by atomic mass is 9.86. The van der Waals surface area contributed by atoms with E-state index in [2.05, 4.69) is 19.2 Å². The van der Waals surface area contributed by atoms with Gasteiger partial charge >= 0.3 is 0 Å². The van der Waals surface area contributed by atoms with Crippen LogP contribution >= 0.6 is 0 Å². The standard InChI is InChI=1S/C14H27NO/c1-14(2)8-7-12(9-14)15-10-11-5-3-4-6-13(11)16/h11-13,15-16H,3-10H2,1-2H3. The minimum absolute atomic E-state index is 0.0457. The second kappa shape index (κ2) is 5.05. The van der Waals surface area contributed by atoms with Crippen LogP contribution in [0, 0.1) is 11.3 Å². The molecular formula is C14H27NO. The average molecular weight is 225 g/mol. The van der Waals surface area contributed by atoms with Crippen molar-refractivity contribution in [3.05, 3.63) is 0 Å². The van der Waals surface area contributed by atoms with Crippen LogP contribution in [-0.4, -0.2) is 23.8 Å². The van der Waals surface area contributed by atoms with E-state index in [9.17, 15) is 5.11 Å². The fourth-order valence-electron chi connectivity index (χ4n) is 3.35. The SMILES string of the molecule is CC1(C)CCC(NCC2CCCCC2O)C1. The molecule has 0 saturated heterocycles. The van der Waals surface area contributed by atoms with Gasteiger partial charge in [-0.2, -0.15) is 0 Å². The molecule has 2 aliphatic rings. The third kappa shape index (κ3) is 3.21. The first-order chi connectivity index (χ1) is 7.57. The van der Waals surface area contributed by atoms with Crippen LogP contribution in [0.5, 0.6) is 0 Å². The maximum Gasteiger partial charge on any atom is 0.0580 e. The summed E-state index contributed by atoms with van der Waals surface area (Å²) in [6.07, 6.45) is 8.67. The molecule has 0 spiro atoms. The molecule has 0 bridgehead atoms. The predicted molar refractivity (Wildman–Crippen MR) is 67.4 cm³/mol. The fraction of sp³-hybridized carbons (Fsp3) is 1.00. The zero-order chi connectivity index (χ0) is 11.6. The van der Waals surface area contributed by atoms with Gasteiger partial charge in [0.1, 0.15) is 0 Å². The van der Waals surface area contributed by atoms with Crippen molar-refractivity contribution in [2.45, 2.75) is 70.9 Å². The van der Waals surface area contributed by atoms with Gasteiger partial charge in [-0.1, -0.05) is 26.7 Å². The number of rotatable bonds is 3. The van der Waals surface area contributed by atoms with Crippen molar-refractivity contribution < 1.29 is 5.11 Å². The first-order valence-corrected chi connectivity index (χ1v) is 6.98. The van der Waals surface area contributed by atoms with E-state index in [0.717, 1.165) is 13.0 Å². The minimum atomic E-state index is -0.0457. The first kappa shape index (κ1) is 12.4. The Morgan fingerprint density at radius 1 is 1.19 bits per heavy atom. The molecule has 2 fully saturated rings. The molecule has 0 aromatic carbocycles. The van der Waals surface area contributed by atoms with Crippen molar-refractivity contribution in [3.63, 3.8) is 0 Å². The van der Waals surface area contributed by atoms with E-state index >= 15 is 0 Å². The highest BCUT2D eigenvalue weighted by Crippen LogP contribution is 2.37.